The zero-order valence-electron chi connectivity index (χ0n) is 29.3. The Morgan fingerprint density at radius 1 is 0.396 bits per heavy atom. The van der Waals surface area contributed by atoms with Crippen molar-refractivity contribution in [3.63, 3.8) is 0 Å². The third-order valence-electron chi connectivity index (χ3n) is 11.2. The van der Waals surface area contributed by atoms with Gasteiger partial charge in [0.05, 0.1) is 22.1 Å². The average molecular weight is 680 g/mol. The Balaban J connectivity index is 1.14. The fourth-order valence-electron chi connectivity index (χ4n) is 8.67. The second-order valence-corrected chi connectivity index (χ2v) is 14.5. The maximum absolute atomic E-state index is 5.24. The van der Waals surface area contributed by atoms with Crippen molar-refractivity contribution in [1.29, 1.82) is 0 Å². The monoisotopic (exact) mass is 679 g/mol. The van der Waals surface area contributed by atoms with Gasteiger partial charge in [-0.3, -0.25) is 4.57 Å². The van der Waals surface area contributed by atoms with Crippen molar-refractivity contribution < 1.29 is 0 Å². The topological polar surface area (TPSA) is 48.5 Å². The first-order valence-corrected chi connectivity index (χ1v) is 18.1. The van der Waals surface area contributed by atoms with E-state index < -0.39 is 0 Å². The van der Waals surface area contributed by atoms with Crippen molar-refractivity contribution in [3.8, 4) is 45.5 Å². The van der Waals surface area contributed by atoms with E-state index in [1.165, 1.54) is 44.1 Å². The van der Waals surface area contributed by atoms with Crippen molar-refractivity contribution >= 4 is 43.6 Å². The van der Waals surface area contributed by atoms with Crippen molar-refractivity contribution in [2.45, 2.75) is 19.3 Å². The molecule has 0 amide bonds. The van der Waals surface area contributed by atoms with Gasteiger partial charge in [-0.15, -0.1) is 0 Å². The van der Waals surface area contributed by atoms with Crippen LogP contribution in [0.2, 0.25) is 0 Å². The molecule has 250 valence electrons. The number of aromatic nitrogens is 5. The molecular weight excluding hydrogens is 647 g/mol. The number of hydrogen-bond donors (Lipinski definition) is 0. The van der Waals surface area contributed by atoms with Gasteiger partial charge < -0.3 is 4.57 Å². The van der Waals surface area contributed by atoms with Gasteiger partial charge in [0, 0.05) is 43.8 Å². The van der Waals surface area contributed by atoms with Crippen molar-refractivity contribution in [2.75, 3.05) is 0 Å². The maximum Gasteiger partial charge on any atom is 0.238 e. The molecular formula is C48H33N5. The molecule has 5 nitrogen and oxygen atoms in total. The molecule has 0 unspecified atom stereocenters. The zero-order chi connectivity index (χ0) is 35.3. The first-order chi connectivity index (χ1) is 26.0. The molecule has 0 N–H and O–H groups in total. The summed E-state index contributed by atoms with van der Waals surface area (Å²) in [4.78, 5) is 15.5. The Morgan fingerprint density at radius 2 is 0.962 bits per heavy atom. The lowest BCUT2D eigenvalue weighted by Crippen LogP contribution is -2.14. The van der Waals surface area contributed by atoms with Crippen LogP contribution in [0.25, 0.3) is 89.2 Å². The molecule has 3 heterocycles. The van der Waals surface area contributed by atoms with E-state index in [1.807, 2.05) is 18.2 Å². The minimum atomic E-state index is -0.106. The SMILES string of the molecule is CC1(C)c2ccccc2-c2cc3c4ccccc4n(-c4cccc(-c5nc(-c6ccccc6)nc(-n6c7ccccc7c7ccccc76)n5)c4)c3cc21. The van der Waals surface area contributed by atoms with E-state index >= 15 is 0 Å². The van der Waals surface area contributed by atoms with Gasteiger partial charge >= 0.3 is 0 Å². The van der Waals surface area contributed by atoms with Crippen LogP contribution < -0.4 is 0 Å². The number of hydrogen-bond acceptors (Lipinski definition) is 3. The zero-order valence-corrected chi connectivity index (χ0v) is 29.3. The third-order valence-corrected chi connectivity index (χ3v) is 11.2. The number of para-hydroxylation sites is 3. The summed E-state index contributed by atoms with van der Waals surface area (Å²) >= 11 is 0. The average Bonchev–Trinajstić information content (AvgIpc) is 3.80. The Kier molecular flexibility index (Phi) is 6.23. The van der Waals surface area contributed by atoms with E-state index in [9.17, 15) is 0 Å². The Bertz CT molecular complexity index is 3040. The highest BCUT2D eigenvalue weighted by Crippen LogP contribution is 2.51. The molecule has 0 fully saturated rings. The number of rotatable bonds is 4. The summed E-state index contributed by atoms with van der Waals surface area (Å²) in [6.45, 7) is 4.69. The molecule has 53 heavy (non-hydrogen) atoms. The molecule has 0 atom stereocenters. The molecule has 0 saturated carbocycles. The Hall–Kier alpha value is -6.85. The van der Waals surface area contributed by atoms with E-state index in [-0.39, 0.29) is 5.41 Å². The molecule has 1 aliphatic rings. The van der Waals surface area contributed by atoms with Crippen LogP contribution in [-0.2, 0) is 5.41 Å². The van der Waals surface area contributed by atoms with E-state index in [1.54, 1.807) is 0 Å². The predicted octanol–water partition coefficient (Wildman–Crippen LogP) is 11.7. The highest BCUT2D eigenvalue weighted by molar-refractivity contribution is 6.12. The van der Waals surface area contributed by atoms with Gasteiger partial charge in [0.25, 0.3) is 0 Å². The molecule has 7 aromatic carbocycles. The van der Waals surface area contributed by atoms with E-state index in [0.29, 0.717) is 17.6 Å². The minimum Gasteiger partial charge on any atom is -0.309 e. The van der Waals surface area contributed by atoms with Gasteiger partial charge in [-0.05, 0) is 64.7 Å². The lowest BCUT2D eigenvalue weighted by atomic mass is 9.82. The summed E-state index contributed by atoms with van der Waals surface area (Å²) in [6, 6.07) is 58.2. The largest absolute Gasteiger partial charge is 0.309 e. The van der Waals surface area contributed by atoms with Gasteiger partial charge in [-0.2, -0.15) is 9.97 Å². The quantitative estimate of drug-likeness (QED) is 0.186. The second kappa shape index (κ2) is 11.1. The van der Waals surface area contributed by atoms with Crippen LogP contribution in [0, 0.1) is 0 Å². The predicted molar refractivity (Wildman–Crippen MR) is 217 cm³/mol. The number of benzene rings is 7. The van der Waals surface area contributed by atoms with Crippen molar-refractivity contribution in [2.24, 2.45) is 0 Å². The first kappa shape index (κ1) is 29.8. The van der Waals surface area contributed by atoms with Crippen LogP contribution in [-0.4, -0.2) is 24.1 Å². The Morgan fingerprint density at radius 3 is 1.68 bits per heavy atom. The molecule has 0 aliphatic heterocycles. The van der Waals surface area contributed by atoms with Gasteiger partial charge in [-0.25, -0.2) is 4.98 Å². The molecule has 3 aromatic heterocycles. The van der Waals surface area contributed by atoms with Crippen molar-refractivity contribution in [3.05, 3.63) is 175 Å². The van der Waals surface area contributed by atoms with E-state index in [4.69, 9.17) is 15.0 Å². The van der Waals surface area contributed by atoms with Crippen LogP contribution in [0.3, 0.4) is 0 Å². The summed E-state index contributed by atoms with van der Waals surface area (Å²) in [7, 11) is 0. The summed E-state index contributed by atoms with van der Waals surface area (Å²) in [5.41, 5.74) is 12.7. The molecule has 11 rings (SSSR count). The van der Waals surface area contributed by atoms with Crippen LogP contribution in [0.15, 0.2) is 164 Å². The maximum atomic E-state index is 5.24. The van der Waals surface area contributed by atoms with Gasteiger partial charge in [0.2, 0.25) is 5.95 Å². The summed E-state index contributed by atoms with van der Waals surface area (Å²) in [6.07, 6.45) is 0. The molecule has 5 heteroatoms. The van der Waals surface area contributed by atoms with Gasteiger partial charge in [0.15, 0.2) is 11.6 Å². The molecule has 1 aliphatic carbocycles. The van der Waals surface area contributed by atoms with Gasteiger partial charge in [0.1, 0.15) is 0 Å². The first-order valence-electron chi connectivity index (χ1n) is 18.1. The third kappa shape index (κ3) is 4.34. The Labute approximate surface area is 306 Å². The van der Waals surface area contributed by atoms with Crippen LogP contribution in [0.4, 0.5) is 0 Å². The molecule has 0 radical (unpaired) electrons. The minimum absolute atomic E-state index is 0.106. The number of nitrogens with zero attached hydrogens (tertiary/aromatic N) is 5. The molecule has 0 spiro atoms. The summed E-state index contributed by atoms with van der Waals surface area (Å²) < 4.78 is 4.57. The highest BCUT2D eigenvalue weighted by atomic mass is 15.2. The summed E-state index contributed by atoms with van der Waals surface area (Å²) in [5, 5.41) is 4.81. The lowest BCUT2D eigenvalue weighted by Gasteiger charge is -2.21. The number of fused-ring (bicyclic) bond motifs is 9. The van der Waals surface area contributed by atoms with Gasteiger partial charge in [-0.1, -0.05) is 135 Å². The van der Waals surface area contributed by atoms with Crippen LogP contribution >= 0.6 is 0 Å². The van der Waals surface area contributed by atoms with Crippen LogP contribution in [0.5, 0.6) is 0 Å². The van der Waals surface area contributed by atoms with E-state index in [0.717, 1.165) is 38.6 Å². The second-order valence-electron chi connectivity index (χ2n) is 14.5. The lowest BCUT2D eigenvalue weighted by molar-refractivity contribution is 0.661. The van der Waals surface area contributed by atoms with E-state index in [2.05, 4.69) is 169 Å². The van der Waals surface area contributed by atoms with Crippen LogP contribution in [0.1, 0.15) is 25.0 Å². The smallest absolute Gasteiger partial charge is 0.238 e. The fraction of sp³-hybridized carbons (Fsp3) is 0.0625. The normalized spacial score (nSPS) is 13.2. The molecule has 0 bridgehead atoms. The summed E-state index contributed by atoms with van der Waals surface area (Å²) in [5.74, 6) is 1.84. The molecule has 0 saturated heterocycles. The highest BCUT2D eigenvalue weighted by Gasteiger charge is 2.36. The standard InChI is InChI=1S/C48H33N5/c1-48(2)39-23-10-6-19-33(39)37-28-38-36-22-9-11-24-41(36)52(44(38)29-40(37)48)32-18-14-17-31(27-32)46-49-45(30-15-4-3-5-16-30)50-47(51-46)53-42-25-12-7-20-34(42)35-21-8-13-26-43(35)53/h3-29H,1-2H3. The molecule has 10 aromatic rings. The van der Waals surface area contributed by atoms with Crippen molar-refractivity contribution in [1.82, 2.24) is 24.1 Å². The fourth-order valence-corrected chi connectivity index (χ4v) is 8.67.